The number of nitrogen functional groups attached to an aromatic ring is 2. The second kappa shape index (κ2) is 4.05. The maximum Gasteiger partial charge on any atom is 0.164 e. The van der Waals surface area contributed by atoms with Crippen LogP contribution in [0, 0.1) is 20.8 Å². The zero-order valence-corrected chi connectivity index (χ0v) is 10.3. The van der Waals surface area contributed by atoms with Crippen molar-refractivity contribution < 1.29 is 0 Å². The van der Waals surface area contributed by atoms with Crippen LogP contribution in [-0.4, -0.2) is 9.97 Å². The summed E-state index contributed by atoms with van der Waals surface area (Å²) in [5, 5.41) is 0. The van der Waals surface area contributed by atoms with Crippen LogP contribution in [0.1, 0.15) is 16.7 Å². The minimum atomic E-state index is 0.395. The molecule has 0 atom stereocenters. The maximum atomic E-state index is 5.70. The van der Waals surface area contributed by atoms with Gasteiger partial charge in [0.25, 0.3) is 0 Å². The Labute approximate surface area is 101 Å². The number of nitrogens with two attached hydrogens (primary N) is 2. The number of aromatic nitrogens is 2. The molecule has 1 aromatic carbocycles. The monoisotopic (exact) mass is 228 g/mol. The third kappa shape index (κ3) is 2.20. The number of hydrogen-bond acceptors (Lipinski definition) is 4. The Bertz CT molecular complexity index is 532. The highest BCUT2D eigenvalue weighted by Crippen LogP contribution is 2.26. The summed E-state index contributed by atoms with van der Waals surface area (Å²) in [6.07, 6.45) is 0. The maximum absolute atomic E-state index is 5.70. The van der Waals surface area contributed by atoms with E-state index in [1.807, 2.05) is 13.8 Å². The molecule has 0 spiro atoms. The van der Waals surface area contributed by atoms with Gasteiger partial charge in [-0.1, -0.05) is 17.7 Å². The molecular formula is C13H16N4. The van der Waals surface area contributed by atoms with Gasteiger partial charge in [0.1, 0.15) is 11.6 Å². The van der Waals surface area contributed by atoms with E-state index >= 15 is 0 Å². The Balaban J connectivity index is 2.68. The van der Waals surface area contributed by atoms with Gasteiger partial charge in [-0.15, -0.1) is 0 Å². The van der Waals surface area contributed by atoms with Crippen LogP contribution in [0.4, 0.5) is 11.6 Å². The fourth-order valence-electron chi connectivity index (χ4n) is 2.13. The number of anilines is 2. The Morgan fingerprint density at radius 2 is 1.29 bits per heavy atom. The van der Waals surface area contributed by atoms with Gasteiger partial charge in [0.2, 0.25) is 0 Å². The molecule has 1 heterocycles. The smallest absolute Gasteiger partial charge is 0.164 e. The molecule has 88 valence electrons. The third-order valence-corrected chi connectivity index (χ3v) is 2.67. The number of nitrogens with zero attached hydrogens (tertiary/aromatic N) is 2. The number of benzene rings is 1. The SMILES string of the molecule is Cc1cc(C)c(-c2nc(N)cc(N)n2)c(C)c1. The summed E-state index contributed by atoms with van der Waals surface area (Å²) >= 11 is 0. The zero-order chi connectivity index (χ0) is 12.6. The molecular weight excluding hydrogens is 212 g/mol. The summed E-state index contributed by atoms with van der Waals surface area (Å²) < 4.78 is 0. The highest BCUT2D eigenvalue weighted by atomic mass is 15.0. The first-order chi connectivity index (χ1) is 7.97. The van der Waals surface area contributed by atoms with Crippen LogP contribution >= 0.6 is 0 Å². The average molecular weight is 228 g/mol. The molecule has 17 heavy (non-hydrogen) atoms. The van der Waals surface area contributed by atoms with Crippen LogP contribution in [0.5, 0.6) is 0 Å². The molecule has 2 rings (SSSR count). The van der Waals surface area contributed by atoms with Crippen LogP contribution in [0.2, 0.25) is 0 Å². The summed E-state index contributed by atoms with van der Waals surface area (Å²) in [5.74, 6) is 1.39. The Kier molecular flexibility index (Phi) is 2.71. The minimum Gasteiger partial charge on any atom is -0.384 e. The van der Waals surface area contributed by atoms with E-state index in [4.69, 9.17) is 11.5 Å². The summed E-state index contributed by atoms with van der Waals surface area (Å²) in [6.45, 7) is 6.15. The number of aryl methyl sites for hydroxylation is 3. The fraction of sp³-hybridized carbons (Fsp3) is 0.231. The Morgan fingerprint density at radius 1 is 0.824 bits per heavy atom. The standard InChI is InChI=1S/C13H16N4/c1-7-4-8(2)12(9(3)5-7)13-16-10(14)6-11(15)17-13/h4-6H,1-3H3,(H4,14,15,16,17). The quantitative estimate of drug-likeness (QED) is 0.784. The van der Waals surface area contributed by atoms with E-state index in [1.165, 1.54) is 5.56 Å². The van der Waals surface area contributed by atoms with E-state index in [2.05, 4.69) is 29.0 Å². The molecule has 0 fully saturated rings. The van der Waals surface area contributed by atoms with Crippen molar-refractivity contribution in [3.8, 4) is 11.4 Å². The van der Waals surface area contributed by atoms with Crippen LogP contribution in [0.3, 0.4) is 0 Å². The van der Waals surface area contributed by atoms with Crippen LogP contribution in [0.15, 0.2) is 18.2 Å². The molecule has 4 nitrogen and oxygen atoms in total. The first kappa shape index (κ1) is 11.4. The van der Waals surface area contributed by atoms with Gasteiger partial charge in [0, 0.05) is 11.6 Å². The van der Waals surface area contributed by atoms with Crippen molar-refractivity contribution in [3.63, 3.8) is 0 Å². The lowest BCUT2D eigenvalue weighted by molar-refractivity contribution is 1.17. The van der Waals surface area contributed by atoms with Crippen molar-refractivity contribution in [2.45, 2.75) is 20.8 Å². The highest BCUT2D eigenvalue weighted by Gasteiger charge is 2.10. The van der Waals surface area contributed by atoms with Gasteiger partial charge in [-0.2, -0.15) is 0 Å². The molecule has 4 N–H and O–H groups in total. The normalized spacial score (nSPS) is 10.5. The molecule has 0 aliphatic heterocycles. The lowest BCUT2D eigenvalue weighted by Crippen LogP contribution is -2.02. The zero-order valence-electron chi connectivity index (χ0n) is 10.3. The summed E-state index contributed by atoms with van der Waals surface area (Å²) in [6, 6.07) is 5.76. The van der Waals surface area contributed by atoms with Crippen molar-refractivity contribution in [2.75, 3.05) is 11.5 Å². The van der Waals surface area contributed by atoms with Gasteiger partial charge in [0.05, 0.1) is 0 Å². The molecule has 0 aliphatic rings. The third-order valence-electron chi connectivity index (χ3n) is 2.67. The van der Waals surface area contributed by atoms with Gasteiger partial charge in [0.15, 0.2) is 5.82 Å². The molecule has 1 aromatic heterocycles. The molecule has 0 amide bonds. The largest absolute Gasteiger partial charge is 0.384 e. The molecule has 0 bridgehead atoms. The van der Waals surface area contributed by atoms with Crippen molar-refractivity contribution in [3.05, 3.63) is 34.9 Å². The highest BCUT2D eigenvalue weighted by molar-refractivity contribution is 5.67. The van der Waals surface area contributed by atoms with E-state index in [-0.39, 0.29) is 0 Å². The van der Waals surface area contributed by atoms with Crippen LogP contribution in [-0.2, 0) is 0 Å². The van der Waals surface area contributed by atoms with E-state index in [0.29, 0.717) is 17.5 Å². The molecule has 2 aromatic rings. The van der Waals surface area contributed by atoms with E-state index < -0.39 is 0 Å². The van der Waals surface area contributed by atoms with Crippen molar-refractivity contribution in [2.24, 2.45) is 0 Å². The van der Waals surface area contributed by atoms with E-state index in [0.717, 1.165) is 16.7 Å². The lowest BCUT2D eigenvalue weighted by atomic mass is 9.99. The topological polar surface area (TPSA) is 77.8 Å². The van der Waals surface area contributed by atoms with Crippen LogP contribution in [0.25, 0.3) is 11.4 Å². The molecule has 0 aliphatic carbocycles. The van der Waals surface area contributed by atoms with Gasteiger partial charge in [-0.3, -0.25) is 0 Å². The van der Waals surface area contributed by atoms with Crippen LogP contribution < -0.4 is 11.5 Å². The number of rotatable bonds is 1. The van der Waals surface area contributed by atoms with Crippen molar-refractivity contribution in [1.82, 2.24) is 9.97 Å². The molecule has 4 heteroatoms. The summed E-state index contributed by atoms with van der Waals surface area (Å²) in [4.78, 5) is 8.48. The fourth-order valence-corrected chi connectivity index (χ4v) is 2.13. The first-order valence-electron chi connectivity index (χ1n) is 5.45. The Morgan fingerprint density at radius 3 is 1.76 bits per heavy atom. The molecule has 0 saturated heterocycles. The van der Waals surface area contributed by atoms with Crippen molar-refractivity contribution >= 4 is 11.6 Å². The summed E-state index contributed by atoms with van der Waals surface area (Å²) in [5.41, 5.74) is 15.9. The lowest BCUT2D eigenvalue weighted by Gasteiger charge is -2.10. The van der Waals surface area contributed by atoms with Gasteiger partial charge in [-0.25, -0.2) is 9.97 Å². The predicted octanol–water partition coefficient (Wildman–Crippen LogP) is 2.23. The first-order valence-corrected chi connectivity index (χ1v) is 5.45. The Hall–Kier alpha value is -2.10. The van der Waals surface area contributed by atoms with Crippen molar-refractivity contribution in [1.29, 1.82) is 0 Å². The van der Waals surface area contributed by atoms with Gasteiger partial charge >= 0.3 is 0 Å². The van der Waals surface area contributed by atoms with E-state index in [1.54, 1.807) is 6.07 Å². The van der Waals surface area contributed by atoms with Gasteiger partial charge in [-0.05, 0) is 31.9 Å². The van der Waals surface area contributed by atoms with E-state index in [9.17, 15) is 0 Å². The van der Waals surface area contributed by atoms with Gasteiger partial charge < -0.3 is 11.5 Å². The molecule has 0 saturated carbocycles. The second-order valence-electron chi connectivity index (χ2n) is 4.31. The predicted molar refractivity (Wildman–Crippen MR) is 70.5 cm³/mol. The summed E-state index contributed by atoms with van der Waals surface area (Å²) in [7, 11) is 0. The minimum absolute atomic E-state index is 0.395. The molecule has 0 unspecified atom stereocenters. The second-order valence-corrected chi connectivity index (χ2v) is 4.31. The average Bonchev–Trinajstić information content (AvgIpc) is 2.13. The molecule has 0 radical (unpaired) electrons. The number of hydrogen-bond donors (Lipinski definition) is 2.